The Morgan fingerprint density at radius 2 is 2.24 bits per heavy atom. The van der Waals surface area contributed by atoms with Crippen LogP contribution in [-0.4, -0.2) is 12.8 Å². The van der Waals surface area contributed by atoms with Gasteiger partial charge in [0.1, 0.15) is 6.07 Å². The number of terminal acetylenes is 1. The monoisotopic (exact) mass is 244 g/mol. The van der Waals surface area contributed by atoms with E-state index < -0.39 is 0 Å². The van der Waals surface area contributed by atoms with Crippen LogP contribution >= 0.6 is 11.8 Å². The molecule has 0 radical (unpaired) electrons. The van der Waals surface area contributed by atoms with Crippen molar-refractivity contribution in [2.24, 2.45) is 0 Å². The van der Waals surface area contributed by atoms with E-state index in [0.717, 1.165) is 42.0 Å². The highest BCUT2D eigenvalue weighted by Gasteiger charge is 2.05. The first-order valence-corrected chi connectivity index (χ1v) is 6.80. The smallest absolute Gasteiger partial charge is 0.102 e. The van der Waals surface area contributed by atoms with Crippen molar-refractivity contribution in [1.82, 2.24) is 0 Å². The van der Waals surface area contributed by atoms with E-state index in [1.165, 1.54) is 0 Å². The summed E-state index contributed by atoms with van der Waals surface area (Å²) in [6.45, 7) is 0.855. The summed E-state index contributed by atoms with van der Waals surface area (Å²) in [4.78, 5) is 1.01. The second-order valence-corrected chi connectivity index (χ2v) is 4.43. The molecule has 0 amide bonds. The maximum atomic E-state index is 9.14. The third kappa shape index (κ3) is 4.06. The summed E-state index contributed by atoms with van der Waals surface area (Å²) in [5, 5.41) is 12.4. The first-order valence-electron chi connectivity index (χ1n) is 5.58. The van der Waals surface area contributed by atoms with Crippen molar-refractivity contribution in [3.05, 3.63) is 23.8 Å². The number of nitrogens with one attached hydrogen (secondary N) is 1. The molecule has 0 heterocycles. The molecule has 0 spiro atoms. The molecule has 88 valence electrons. The predicted molar refractivity (Wildman–Crippen MR) is 74.1 cm³/mol. The van der Waals surface area contributed by atoms with E-state index in [2.05, 4.69) is 17.3 Å². The summed E-state index contributed by atoms with van der Waals surface area (Å²) in [7, 11) is 0. The van der Waals surface area contributed by atoms with Crippen molar-refractivity contribution in [3.63, 3.8) is 0 Å². The highest BCUT2D eigenvalue weighted by molar-refractivity contribution is 7.98. The SMILES string of the molecule is C#CCCCCNc1cccc(SC)c1C#N. The van der Waals surface area contributed by atoms with E-state index in [4.69, 9.17) is 11.7 Å². The molecular weight excluding hydrogens is 228 g/mol. The minimum absolute atomic E-state index is 0.733. The summed E-state index contributed by atoms with van der Waals surface area (Å²) < 4.78 is 0. The Labute approximate surface area is 107 Å². The lowest BCUT2D eigenvalue weighted by molar-refractivity contribution is 0.789. The molecule has 3 heteroatoms. The van der Waals surface area contributed by atoms with Crippen LogP contribution in [0.5, 0.6) is 0 Å². The summed E-state index contributed by atoms with van der Waals surface area (Å²) in [5.74, 6) is 2.62. The van der Waals surface area contributed by atoms with E-state index in [-0.39, 0.29) is 0 Å². The highest BCUT2D eigenvalue weighted by Crippen LogP contribution is 2.26. The Morgan fingerprint density at radius 3 is 2.88 bits per heavy atom. The van der Waals surface area contributed by atoms with Gasteiger partial charge in [-0.25, -0.2) is 0 Å². The number of hydrogen-bond donors (Lipinski definition) is 1. The van der Waals surface area contributed by atoms with Crippen LogP contribution < -0.4 is 5.32 Å². The van der Waals surface area contributed by atoms with E-state index >= 15 is 0 Å². The van der Waals surface area contributed by atoms with Crippen LogP contribution in [0, 0.1) is 23.7 Å². The fourth-order valence-corrected chi connectivity index (χ4v) is 2.11. The van der Waals surface area contributed by atoms with Gasteiger partial charge in [0.25, 0.3) is 0 Å². The van der Waals surface area contributed by atoms with Gasteiger partial charge in [-0.2, -0.15) is 5.26 Å². The van der Waals surface area contributed by atoms with Crippen LogP contribution in [0.2, 0.25) is 0 Å². The molecule has 0 aliphatic carbocycles. The highest BCUT2D eigenvalue weighted by atomic mass is 32.2. The van der Waals surface area contributed by atoms with E-state index in [0.29, 0.717) is 0 Å². The molecule has 1 rings (SSSR count). The van der Waals surface area contributed by atoms with Crippen molar-refractivity contribution in [2.45, 2.75) is 24.2 Å². The fourth-order valence-electron chi connectivity index (χ4n) is 1.54. The molecule has 1 aromatic rings. The molecule has 1 aromatic carbocycles. The molecule has 0 saturated heterocycles. The van der Waals surface area contributed by atoms with Gasteiger partial charge in [0.2, 0.25) is 0 Å². The van der Waals surface area contributed by atoms with Crippen molar-refractivity contribution < 1.29 is 0 Å². The average Bonchev–Trinajstić information content (AvgIpc) is 2.38. The van der Waals surface area contributed by atoms with Crippen LogP contribution in [0.3, 0.4) is 0 Å². The number of nitrogens with zero attached hydrogens (tertiary/aromatic N) is 1. The van der Waals surface area contributed by atoms with Crippen LogP contribution in [-0.2, 0) is 0 Å². The molecule has 0 aliphatic heterocycles. The zero-order chi connectivity index (χ0) is 12.5. The van der Waals surface area contributed by atoms with Crippen molar-refractivity contribution >= 4 is 17.4 Å². The van der Waals surface area contributed by atoms with Gasteiger partial charge < -0.3 is 5.32 Å². The van der Waals surface area contributed by atoms with Gasteiger partial charge >= 0.3 is 0 Å². The minimum atomic E-state index is 0.733. The minimum Gasteiger partial charge on any atom is -0.384 e. The van der Waals surface area contributed by atoms with Crippen LogP contribution in [0.25, 0.3) is 0 Å². The predicted octanol–water partition coefficient (Wildman–Crippen LogP) is 3.50. The van der Waals surface area contributed by atoms with Crippen LogP contribution in [0.15, 0.2) is 23.1 Å². The molecule has 0 unspecified atom stereocenters. The average molecular weight is 244 g/mol. The second-order valence-electron chi connectivity index (χ2n) is 3.58. The third-order valence-electron chi connectivity index (χ3n) is 2.42. The zero-order valence-corrected chi connectivity index (χ0v) is 10.8. The molecule has 0 fully saturated rings. The number of nitriles is 1. The molecule has 2 nitrogen and oxygen atoms in total. The van der Waals surface area contributed by atoms with E-state index in [1.807, 2.05) is 24.5 Å². The number of benzene rings is 1. The van der Waals surface area contributed by atoms with Gasteiger partial charge in [-0.3, -0.25) is 0 Å². The number of rotatable bonds is 6. The van der Waals surface area contributed by atoms with E-state index in [1.54, 1.807) is 11.8 Å². The number of hydrogen-bond acceptors (Lipinski definition) is 3. The second kappa shape index (κ2) is 7.65. The molecule has 17 heavy (non-hydrogen) atoms. The third-order valence-corrected chi connectivity index (χ3v) is 3.20. The lowest BCUT2D eigenvalue weighted by atomic mass is 10.2. The lowest BCUT2D eigenvalue weighted by Gasteiger charge is -2.09. The van der Waals surface area contributed by atoms with Gasteiger partial charge in [-0.15, -0.1) is 24.1 Å². The van der Waals surface area contributed by atoms with Crippen LogP contribution in [0.1, 0.15) is 24.8 Å². The molecule has 0 saturated carbocycles. The Kier molecular flexibility index (Phi) is 6.07. The number of anilines is 1. The Hall–Kier alpha value is -1.58. The lowest BCUT2D eigenvalue weighted by Crippen LogP contribution is -2.03. The molecule has 0 aliphatic rings. The van der Waals surface area contributed by atoms with Crippen molar-refractivity contribution in [3.8, 4) is 18.4 Å². The first-order chi connectivity index (χ1) is 8.33. The summed E-state index contributed by atoms with van der Waals surface area (Å²) >= 11 is 1.59. The summed E-state index contributed by atoms with van der Waals surface area (Å²) in [5.41, 5.74) is 1.65. The molecule has 0 bridgehead atoms. The van der Waals surface area contributed by atoms with E-state index in [9.17, 15) is 0 Å². The topological polar surface area (TPSA) is 35.8 Å². The van der Waals surface area contributed by atoms with Gasteiger partial charge in [-0.1, -0.05) is 6.07 Å². The first kappa shape index (κ1) is 13.5. The van der Waals surface area contributed by atoms with Crippen molar-refractivity contribution in [2.75, 3.05) is 18.1 Å². The van der Waals surface area contributed by atoms with Gasteiger partial charge in [0.15, 0.2) is 0 Å². The molecule has 0 atom stereocenters. The maximum absolute atomic E-state index is 9.14. The fraction of sp³-hybridized carbons (Fsp3) is 0.357. The van der Waals surface area contributed by atoms with Gasteiger partial charge in [0.05, 0.1) is 11.3 Å². The molecule has 0 aromatic heterocycles. The standard InChI is InChI=1S/C14H16N2S/c1-3-4-5-6-10-16-13-8-7-9-14(17-2)12(13)11-15/h1,7-9,16H,4-6,10H2,2H3. The maximum Gasteiger partial charge on any atom is 0.102 e. The summed E-state index contributed by atoms with van der Waals surface area (Å²) in [6.07, 6.45) is 10.0. The summed E-state index contributed by atoms with van der Waals surface area (Å²) in [6, 6.07) is 8.13. The van der Waals surface area contributed by atoms with Gasteiger partial charge in [-0.05, 0) is 31.2 Å². The number of thioether (sulfide) groups is 1. The quantitative estimate of drug-likeness (QED) is 0.472. The number of unbranched alkanes of at least 4 members (excludes halogenated alkanes) is 2. The zero-order valence-electron chi connectivity index (χ0n) is 9.99. The Balaban J connectivity index is 2.59. The molecule has 1 N–H and O–H groups in total. The molecular formula is C14H16N2S. The van der Waals surface area contributed by atoms with Crippen LogP contribution in [0.4, 0.5) is 5.69 Å². The van der Waals surface area contributed by atoms with Crippen molar-refractivity contribution in [1.29, 1.82) is 5.26 Å². The Bertz CT molecular complexity index is 441. The largest absolute Gasteiger partial charge is 0.384 e. The Morgan fingerprint density at radius 1 is 1.41 bits per heavy atom. The normalized spacial score (nSPS) is 9.35. The van der Waals surface area contributed by atoms with Gasteiger partial charge in [0, 0.05) is 17.9 Å².